The van der Waals surface area contributed by atoms with Crippen molar-refractivity contribution in [1.82, 2.24) is 5.32 Å². The van der Waals surface area contributed by atoms with Crippen LogP contribution in [0.4, 0.5) is 10.1 Å². The molecule has 27 heavy (non-hydrogen) atoms. The zero-order valence-electron chi connectivity index (χ0n) is 15.2. The van der Waals surface area contributed by atoms with Gasteiger partial charge in [0.25, 0.3) is 0 Å². The highest BCUT2D eigenvalue weighted by atomic mass is 35.5. The number of rotatable bonds is 8. The van der Waals surface area contributed by atoms with Crippen molar-refractivity contribution >= 4 is 33.2 Å². The molecular weight excluding hydrogens is 391 g/mol. The van der Waals surface area contributed by atoms with E-state index in [4.69, 9.17) is 11.6 Å². The molecule has 0 unspecified atom stereocenters. The number of halogens is 2. The minimum absolute atomic E-state index is 0.112. The maximum atomic E-state index is 13.5. The lowest BCUT2D eigenvalue weighted by molar-refractivity contribution is -0.121. The lowest BCUT2D eigenvalue weighted by Crippen LogP contribution is -2.48. The Morgan fingerprint density at radius 1 is 1.22 bits per heavy atom. The molecule has 0 aliphatic heterocycles. The van der Waals surface area contributed by atoms with E-state index in [1.54, 1.807) is 12.1 Å². The van der Waals surface area contributed by atoms with E-state index in [2.05, 4.69) is 5.32 Å². The standard InChI is InChI=1S/C19H22ClFN2O3S/c1-14(23(27(2,25)26)18-7-3-6-17(21)13-18)19(24)22-12-4-5-15-8-10-16(20)11-9-15/h3,6-11,13-14H,4-5,12H2,1-2H3,(H,22,24)/t14-/m1/s1. The third-order valence-corrected chi connectivity index (χ3v) is 5.50. The molecule has 0 saturated heterocycles. The van der Waals surface area contributed by atoms with E-state index in [9.17, 15) is 17.6 Å². The Kier molecular flexibility index (Phi) is 7.21. The number of carbonyl (C=O) groups excluding carboxylic acids is 1. The Labute approximate surface area is 164 Å². The molecule has 2 aromatic rings. The van der Waals surface area contributed by atoms with E-state index in [-0.39, 0.29) is 5.69 Å². The summed E-state index contributed by atoms with van der Waals surface area (Å²) >= 11 is 5.84. The molecule has 0 aliphatic carbocycles. The summed E-state index contributed by atoms with van der Waals surface area (Å²) in [6.07, 6.45) is 2.44. The summed E-state index contributed by atoms with van der Waals surface area (Å²) in [6.45, 7) is 1.87. The van der Waals surface area contributed by atoms with Crippen molar-refractivity contribution in [1.29, 1.82) is 0 Å². The monoisotopic (exact) mass is 412 g/mol. The third kappa shape index (κ3) is 6.22. The van der Waals surface area contributed by atoms with Crippen LogP contribution in [-0.4, -0.2) is 33.2 Å². The van der Waals surface area contributed by atoms with Crippen molar-refractivity contribution in [2.75, 3.05) is 17.1 Å². The maximum absolute atomic E-state index is 13.5. The smallest absolute Gasteiger partial charge is 0.243 e. The van der Waals surface area contributed by atoms with Crippen LogP contribution in [0.3, 0.4) is 0 Å². The Hall–Kier alpha value is -2.12. The van der Waals surface area contributed by atoms with Gasteiger partial charge >= 0.3 is 0 Å². The summed E-state index contributed by atoms with van der Waals surface area (Å²) in [5.74, 6) is -1.02. The van der Waals surface area contributed by atoms with Gasteiger partial charge in [0.2, 0.25) is 15.9 Å². The number of nitrogens with zero attached hydrogens (tertiary/aromatic N) is 1. The number of aryl methyl sites for hydroxylation is 1. The molecule has 8 heteroatoms. The Morgan fingerprint density at radius 2 is 1.89 bits per heavy atom. The van der Waals surface area contributed by atoms with Crippen molar-refractivity contribution in [2.45, 2.75) is 25.8 Å². The molecule has 146 valence electrons. The molecular formula is C19H22ClFN2O3S. The van der Waals surface area contributed by atoms with Gasteiger partial charge < -0.3 is 5.32 Å². The Bertz CT molecular complexity index is 888. The zero-order chi connectivity index (χ0) is 20.0. The van der Waals surface area contributed by atoms with Gasteiger partial charge in [-0.05, 0) is 55.7 Å². The summed E-state index contributed by atoms with van der Waals surface area (Å²) in [5, 5.41) is 3.40. The van der Waals surface area contributed by atoms with Crippen LogP contribution in [0.1, 0.15) is 18.9 Å². The van der Waals surface area contributed by atoms with Crippen LogP contribution in [-0.2, 0) is 21.2 Å². The highest BCUT2D eigenvalue weighted by Crippen LogP contribution is 2.21. The number of benzene rings is 2. The number of carbonyl (C=O) groups is 1. The molecule has 0 fully saturated rings. The van der Waals surface area contributed by atoms with Gasteiger partial charge in [0.1, 0.15) is 11.9 Å². The lowest BCUT2D eigenvalue weighted by Gasteiger charge is -2.28. The second-order valence-electron chi connectivity index (χ2n) is 6.24. The van der Waals surface area contributed by atoms with Crippen LogP contribution in [0.2, 0.25) is 5.02 Å². The quantitative estimate of drug-likeness (QED) is 0.676. The number of hydrogen-bond acceptors (Lipinski definition) is 3. The first-order valence-corrected chi connectivity index (χ1v) is 10.7. The van der Waals surface area contributed by atoms with Crippen molar-refractivity contribution in [3.8, 4) is 0 Å². The molecule has 0 heterocycles. The van der Waals surface area contributed by atoms with Crippen LogP contribution < -0.4 is 9.62 Å². The SMILES string of the molecule is C[C@H](C(=O)NCCCc1ccc(Cl)cc1)N(c1cccc(F)c1)S(C)(=O)=O. The van der Waals surface area contributed by atoms with E-state index in [1.807, 2.05) is 12.1 Å². The third-order valence-electron chi connectivity index (χ3n) is 4.01. The van der Waals surface area contributed by atoms with Crippen molar-refractivity contribution < 1.29 is 17.6 Å². The molecule has 1 amide bonds. The van der Waals surface area contributed by atoms with Crippen LogP contribution >= 0.6 is 11.6 Å². The molecule has 5 nitrogen and oxygen atoms in total. The largest absolute Gasteiger partial charge is 0.354 e. The highest BCUT2D eigenvalue weighted by Gasteiger charge is 2.29. The Balaban J connectivity index is 1.97. The topological polar surface area (TPSA) is 66.5 Å². The van der Waals surface area contributed by atoms with Gasteiger partial charge in [-0.3, -0.25) is 9.10 Å². The number of amides is 1. The number of nitrogens with one attached hydrogen (secondary N) is 1. The average Bonchev–Trinajstić information content (AvgIpc) is 2.59. The second kappa shape index (κ2) is 9.19. The van der Waals surface area contributed by atoms with E-state index in [1.165, 1.54) is 25.1 Å². The molecule has 0 aromatic heterocycles. The lowest BCUT2D eigenvalue weighted by atomic mass is 10.1. The first-order chi connectivity index (χ1) is 12.7. The fourth-order valence-electron chi connectivity index (χ4n) is 2.72. The summed E-state index contributed by atoms with van der Waals surface area (Å²) in [6, 6.07) is 11.6. The fraction of sp³-hybridized carbons (Fsp3) is 0.316. The van der Waals surface area contributed by atoms with Gasteiger partial charge in [-0.25, -0.2) is 12.8 Å². The summed E-state index contributed by atoms with van der Waals surface area (Å²) in [4.78, 5) is 12.4. The normalized spacial score (nSPS) is 12.4. The molecule has 1 atom stereocenters. The summed E-state index contributed by atoms with van der Waals surface area (Å²) in [5.41, 5.74) is 1.21. The van der Waals surface area contributed by atoms with Gasteiger partial charge in [-0.2, -0.15) is 0 Å². The van der Waals surface area contributed by atoms with Gasteiger partial charge in [-0.1, -0.05) is 29.8 Å². The summed E-state index contributed by atoms with van der Waals surface area (Å²) in [7, 11) is -3.76. The second-order valence-corrected chi connectivity index (χ2v) is 8.53. The van der Waals surface area contributed by atoms with Gasteiger partial charge in [0.05, 0.1) is 11.9 Å². The first-order valence-electron chi connectivity index (χ1n) is 8.45. The van der Waals surface area contributed by atoms with E-state index in [0.29, 0.717) is 18.0 Å². The van der Waals surface area contributed by atoms with Gasteiger partial charge in [0.15, 0.2) is 0 Å². The molecule has 0 bridgehead atoms. The highest BCUT2D eigenvalue weighted by molar-refractivity contribution is 7.92. The first kappa shape index (κ1) is 21.2. The van der Waals surface area contributed by atoms with Crippen LogP contribution in [0, 0.1) is 5.82 Å². The molecule has 1 N–H and O–H groups in total. The molecule has 0 radical (unpaired) electrons. The maximum Gasteiger partial charge on any atom is 0.243 e. The number of anilines is 1. The van der Waals surface area contributed by atoms with Crippen LogP contribution in [0.15, 0.2) is 48.5 Å². The molecule has 0 spiro atoms. The predicted octanol–water partition coefficient (Wildman–Crippen LogP) is 3.38. The fourth-order valence-corrected chi connectivity index (χ4v) is 4.02. The van der Waals surface area contributed by atoms with E-state index >= 15 is 0 Å². The molecule has 2 rings (SSSR count). The molecule has 0 aliphatic rings. The minimum Gasteiger partial charge on any atom is -0.354 e. The predicted molar refractivity (Wildman–Crippen MR) is 106 cm³/mol. The average molecular weight is 413 g/mol. The van der Waals surface area contributed by atoms with Crippen molar-refractivity contribution in [3.05, 3.63) is 64.9 Å². The Morgan fingerprint density at radius 3 is 2.48 bits per heavy atom. The van der Waals surface area contributed by atoms with E-state index in [0.717, 1.165) is 28.6 Å². The van der Waals surface area contributed by atoms with Crippen molar-refractivity contribution in [3.63, 3.8) is 0 Å². The van der Waals surface area contributed by atoms with Gasteiger partial charge in [0, 0.05) is 11.6 Å². The molecule has 0 saturated carbocycles. The number of sulfonamides is 1. The summed E-state index contributed by atoms with van der Waals surface area (Å²) < 4.78 is 38.7. The number of hydrogen-bond donors (Lipinski definition) is 1. The zero-order valence-corrected chi connectivity index (χ0v) is 16.7. The van der Waals surface area contributed by atoms with Crippen LogP contribution in [0.5, 0.6) is 0 Å². The minimum atomic E-state index is -3.76. The van der Waals surface area contributed by atoms with Gasteiger partial charge in [-0.15, -0.1) is 0 Å². The van der Waals surface area contributed by atoms with E-state index < -0.39 is 27.8 Å². The van der Waals surface area contributed by atoms with Crippen LogP contribution in [0.25, 0.3) is 0 Å². The molecule has 2 aromatic carbocycles. The van der Waals surface area contributed by atoms with Crippen molar-refractivity contribution in [2.24, 2.45) is 0 Å².